The SMILES string of the molecule is c1coc(-c2ncc3c(n2)CCN(Cc2cccnc2OC2CCCCC2)C3)c1. The third-order valence-corrected chi connectivity index (χ3v) is 5.83. The normalized spacial score (nSPS) is 17.8. The highest BCUT2D eigenvalue weighted by atomic mass is 16.5. The van der Waals surface area contributed by atoms with Crippen LogP contribution in [0.25, 0.3) is 11.6 Å². The van der Waals surface area contributed by atoms with E-state index in [0.717, 1.165) is 61.8 Å². The van der Waals surface area contributed by atoms with E-state index < -0.39 is 0 Å². The van der Waals surface area contributed by atoms with E-state index in [4.69, 9.17) is 14.1 Å². The molecular weight excluding hydrogens is 364 g/mol. The highest BCUT2D eigenvalue weighted by Crippen LogP contribution is 2.27. The maximum atomic E-state index is 6.28. The first-order valence-electron chi connectivity index (χ1n) is 10.6. The van der Waals surface area contributed by atoms with Gasteiger partial charge in [-0.15, -0.1) is 0 Å². The Balaban J connectivity index is 1.28. The van der Waals surface area contributed by atoms with Crippen molar-refractivity contribution in [1.29, 1.82) is 0 Å². The van der Waals surface area contributed by atoms with Crippen LogP contribution in [0.3, 0.4) is 0 Å². The Morgan fingerprint density at radius 1 is 1.10 bits per heavy atom. The van der Waals surface area contributed by atoms with Gasteiger partial charge in [0, 0.05) is 49.6 Å². The van der Waals surface area contributed by atoms with Crippen LogP contribution < -0.4 is 4.74 Å². The van der Waals surface area contributed by atoms with E-state index in [2.05, 4.69) is 20.9 Å². The van der Waals surface area contributed by atoms with E-state index in [9.17, 15) is 0 Å². The lowest BCUT2D eigenvalue weighted by molar-refractivity contribution is 0.143. The van der Waals surface area contributed by atoms with Crippen molar-refractivity contribution in [2.24, 2.45) is 0 Å². The fourth-order valence-electron chi connectivity index (χ4n) is 4.27. The monoisotopic (exact) mass is 390 g/mol. The van der Waals surface area contributed by atoms with Gasteiger partial charge >= 0.3 is 0 Å². The van der Waals surface area contributed by atoms with Crippen molar-refractivity contribution >= 4 is 0 Å². The lowest BCUT2D eigenvalue weighted by Crippen LogP contribution is -2.31. The quantitative estimate of drug-likeness (QED) is 0.643. The lowest BCUT2D eigenvalue weighted by atomic mass is 9.98. The van der Waals surface area contributed by atoms with Gasteiger partial charge in [-0.25, -0.2) is 15.0 Å². The van der Waals surface area contributed by atoms with E-state index in [1.54, 1.807) is 6.26 Å². The molecule has 29 heavy (non-hydrogen) atoms. The predicted octanol–water partition coefficient (Wildman–Crippen LogP) is 4.40. The van der Waals surface area contributed by atoms with Crippen LogP contribution in [-0.4, -0.2) is 32.5 Å². The molecule has 1 aliphatic heterocycles. The Labute approximate surface area is 171 Å². The number of pyridine rings is 1. The van der Waals surface area contributed by atoms with Crippen LogP contribution >= 0.6 is 0 Å². The smallest absolute Gasteiger partial charge is 0.218 e. The number of hydrogen-bond acceptors (Lipinski definition) is 6. The van der Waals surface area contributed by atoms with Crippen molar-refractivity contribution in [3.05, 3.63) is 59.7 Å². The molecule has 3 aromatic rings. The highest BCUT2D eigenvalue weighted by Gasteiger charge is 2.22. The summed E-state index contributed by atoms with van der Waals surface area (Å²) in [6.07, 6.45) is 12.8. The maximum absolute atomic E-state index is 6.28. The second-order valence-electron chi connectivity index (χ2n) is 7.95. The van der Waals surface area contributed by atoms with Crippen LogP contribution in [-0.2, 0) is 19.5 Å². The van der Waals surface area contributed by atoms with Crippen molar-refractivity contribution in [3.8, 4) is 17.5 Å². The second-order valence-corrected chi connectivity index (χ2v) is 7.95. The summed E-state index contributed by atoms with van der Waals surface area (Å²) in [5.41, 5.74) is 3.47. The Hall–Kier alpha value is -2.73. The molecule has 0 atom stereocenters. The minimum Gasteiger partial charge on any atom is -0.474 e. The van der Waals surface area contributed by atoms with Gasteiger partial charge in [0.2, 0.25) is 5.88 Å². The molecule has 0 unspecified atom stereocenters. The standard InChI is InChI=1S/C23H26N4O2/c1-2-7-19(8-3-1)29-23-17(6-4-11-24-23)15-27-12-10-20-18(16-27)14-25-22(26-20)21-9-5-13-28-21/h4-6,9,11,13-14,19H,1-3,7-8,10,12,15-16H2. The lowest BCUT2D eigenvalue weighted by Gasteiger charge is -2.29. The molecule has 6 heteroatoms. The molecule has 1 aliphatic carbocycles. The zero-order valence-electron chi connectivity index (χ0n) is 16.6. The molecule has 0 bridgehead atoms. The molecule has 0 radical (unpaired) electrons. The average Bonchev–Trinajstić information content (AvgIpc) is 3.30. The largest absolute Gasteiger partial charge is 0.474 e. The van der Waals surface area contributed by atoms with E-state index in [1.165, 1.54) is 24.8 Å². The molecule has 1 fully saturated rings. The van der Waals surface area contributed by atoms with Crippen LogP contribution in [0.15, 0.2) is 47.3 Å². The zero-order valence-corrected chi connectivity index (χ0v) is 16.6. The summed E-state index contributed by atoms with van der Waals surface area (Å²) in [7, 11) is 0. The maximum Gasteiger partial charge on any atom is 0.218 e. The Morgan fingerprint density at radius 2 is 2.03 bits per heavy atom. The van der Waals surface area contributed by atoms with Gasteiger partial charge in [0.05, 0.1) is 12.0 Å². The molecule has 2 aliphatic rings. The second kappa shape index (κ2) is 8.33. The van der Waals surface area contributed by atoms with Crippen molar-refractivity contribution in [3.63, 3.8) is 0 Å². The van der Waals surface area contributed by atoms with Crippen molar-refractivity contribution in [2.75, 3.05) is 6.54 Å². The molecule has 5 rings (SSSR count). The highest BCUT2D eigenvalue weighted by molar-refractivity contribution is 5.47. The molecule has 0 amide bonds. The minimum atomic E-state index is 0.313. The number of aromatic nitrogens is 3. The summed E-state index contributed by atoms with van der Waals surface area (Å²) < 4.78 is 11.7. The molecule has 150 valence electrons. The number of nitrogens with zero attached hydrogens (tertiary/aromatic N) is 4. The molecule has 0 spiro atoms. The summed E-state index contributed by atoms with van der Waals surface area (Å²) in [6, 6.07) is 7.89. The van der Waals surface area contributed by atoms with Gasteiger partial charge in [0.1, 0.15) is 6.10 Å². The number of furan rings is 1. The third kappa shape index (κ3) is 4.17. The van der Waals surface area contributed by atoms with Gasteiger partial charge in [0.25, 0.3) is 0 Å². The molecule has 0 aromatic carbocycles. The fourth-order valence-corrected chi connectivity index (χ4v) is 4.27. The van der Waals surface area contributed by atoms with Crippen LogP contribution in [0.2, 0.25) is 0 Å². The Morgan fingerprint density at radius 3 is 2.90 bits per heavy atom. The summed E-state index contributed by atoms with van der Waals surface area (Å²) in [5.74, 6) is 2.18. The Kier molecular flexibility index (Phi) is 5.26. The van der Waals surface area contributed by atoms with Crippen molar-refractivity contribution in [1.82, 2.24) is 19.9 Å². The topological polar surface area (TPSA) is 64.3 Å². The molecular formula is C23H26N4O2. The van der Waals surface area contributed by atoms with Gasteiger partial charge in [-0.1, -0.05) is 12.5 Å². The number of hydrogen-bond donors (Lipinski definition) is 0. The van der Waals surface area contributed by atoms with E-state index >= 15 is 0 Å². The summed E-state index contributed by atoms with van der Waals surface area (Å²) in [6.45, 7) is 2.63. The molecule has 0 N–H and O–H groups in total. The van der Waals surface area contributed by atoms with E-state index in [0.29, 0.717) is 11.9 Å². The van der Waals surface area contributed by atoms with Crippen LogP contribution in [0, 0.1) is 0 Å². The predicted molar refractivity (Wildman–Crippen MR) is 109 cm³/mol. The first kappa shape index (κ1) is 18.3. The summed E-state index contributed by atoms with van der Waals surface area (Å²) in [5, 5.41) is 0. The molecule has 1 saturated carbocycles. The Bertz CT molecular complexity index is 951. The first-order chi connectivity index (χ1) is 14.3. The third-order valence-electron chi connectivity index (χ3n) is 5.83. The summed E-state index contributed by atoms with van der Waals surface area (Å²) >= 11 is 0. The van der Waals surface area contributed by atoms with Crippen LogP contribution in [0.1, 0.15) is 48.9 Å². The summed E-state index contributed by atoms with van der Waals surface area (Å²) in [4.78, 5) is 16.2. The van der Waals surface area contributed by atoms with Crippen LogP contribution in [0.5, 0.6) is 5.88 Å². The molecule has 0 saturated heterocycles. The van der Waals surface area contributed by atoms with Gasteiger partial charge < -0.3 is 9.15 Å². The molecule has 3 aromatic heterocycles. The van der Waals surface area contributed by atoms with Crippen LogP contribution in [0.4, 0.5) is 0 Å². The number of ether oxygens (including phenoxy) is 1. The van der Waals surface area contributed by atoms with Crippen molar-refractivity contribution in [2.45, 2.75) is 57.7 Å². The minimum absolute atomic E-state index is 0.313. The van der Waals surface area contributed by atoms with E-state index in [-0.39, 0.29) is 0 Å². The van der Waals surface area contributed by atoms with Gasteiger partial charge in [-0.05, 0) is 43.9 Å². The van der Waals surface area contributed by atoms with Gasteiger partial charge in [-0.2, -0.15) is 0 Å². The number of fused-ring (bicyclic) bond motifs is 1. The number of rotatable bonds is 5. The fraction of sp³-hybridized carbons (Fsp3) is 0.435. The first-order valence-corrected chi connectivity index (χ1v) is 10.6. The average molecular weight is 390 g/mol. The zero-order chi connectivity index (χ0) is 19.5. The molecule has 6 nitrogen and oxygen atoms in total. The van der Waals surface area contributed by atoms with Gasteiger partial charge in [-0.3, -0.25) is 4.90 Å². The van der Waals surface area contributed by atoms with Crippen molar-refractivity contribution < 1.29 is 9.15 Å². The van der Waals surface area contributed by atoms with Gasteiger partial charge in [0.15, 0.2) is 11.6 Å². The van der Waals surface area contributed by atoms with E-state index in [1.807, 2.05) is 30.6 Å². The molecule has 4 heterocycles.